The quantitative estimate of drug-likeness (QED) is 0.511. The standard InChI is InChI=1S/C11H24O3/c1-12-9-7-5-4-6-8-11(14-3)10-13-2/h11H,4-10H2,1-3H3. The molecule has 14 heavy (non-hydrogen) atoms. The molecule has 0 spiro atoms. The molecular weight excluding hydrogens is 180 g/mol. The first kappa shape index (κ1) is 13.9. The maximum absolute atomic E-state index is 5.27. The molecule has 0 aliphatic rings. The Labute approximate surface area is 87.7 Å². The van der Waals surface area contributed by atoms with Gasteiger partial charge < -0.3 is 14.2 Å². The van der Waals surface area contributed by atoms with E-state index in [4.69, 9.17) is 14.2 Å². The summed E-state index contributed by atoms with van der Waals surface area (Å²) in [4.78, 5) is 0. The highest BCUT2D eigenvalue weighted by Gasteiger charge is 2.05. The van der Waals surface area contributed by atoms with E-state index in [1.807, 2.05) is 0 Å². The van der Waals surface area contributed by atoms with Crippen LogP contribution in [0.2, 0.25) is 0 Å². The first-order valence-electron chi connectivity index (χ1n) is 5.35. The summed E-state index contributed by atoms with van der Waals surface area (Å²) in [6, 6.07) is 0. The molecule has 0 amide bonds. The minimum atomic E-state index is 0.266. The normalized spacial score (nSPS) is 13.1. The second-order valence-corrected chi connectivity index (χ2v) is 3.51. The molecule has 0 aliphatic heterocycles. The predicted molar refractivity (Wildman–Crippen MR) is 57.6 cm³/mol. The Bertz CT molecular complexity index is 107. The number of methoxy groups -OCH3 is 3. The van der Waals surface area contributed by atoms with Gasteiger partial charge in [0.1, 0.15) is 0 Å². The van der Waals surface area contributed by atoms with Gasteiger partial charge in [-0.25, -0.2) is 0 Å². The average molecular weight is 204 g/mol. The SMILES string of the molecule is COCCCCCCC(COC)OC. The summed E-state index contributed by atoms with van der Waals surface area (Å²) in [6.45, 7) is 1.58. The zero-order chi connectivity index (χ0) is 10.6. The second kappa shape index (κ2) is 11.0. The molecule has 0 radical (unpaired) electrons. The molecule has 1 unspecified atom stereocenters. The van der Waals surface area contributed by atoms with E-state index in [9.17, 15) is 0 Å². The van der Waals surface area contributed by atoms with Crippen molar-refractivity contribution in [3.8, 4) is 0 Å². The molecule has 0 N–H and O–H groups in total. The molecule has 86 valence electrons. The Morgan fingerprint density at radius 2 is 1.57 bits per heavy atom. The van der Waals surface area contributed by atoms with Crippen LogP contribution in [0.3, 0.4) is 0 Å². The number of ether oxygens (including phenoxy) is 3. The Morgan fingerprint density at radius 3 is 2.14 bits per heavy atom. The van der Waals surface area contributed by atoms with Gasteiger partial charge in [0.25, 0.3) is 0 Å². The molecule has 0 aromatic heterocycles. The van der Waals surface area contributed by atoms with E-state index < -0.39 is 0 Å². The fourth-order valence-corrected chi connectivity index (χ4v) is 1.43. The Balaban J connectivity index is 3.15. The van der Waals surface area contributed by atoms with Crippen molar-refractivity contribution >= 4 is 0 Å². The van der Waals surface area contributed by atoms with Crippen molar-refractivity contribution in [1.82, 2.24) is 0 Å². The summed E-state index contributed by atoms with van der Waals surface area (Å²) in [6.07, 6.45) is 6.24. The van der Waals surface area contributed by atoms with Gasteiger partial charge in [-0.1, -0.05) is 19.3 Å². The van der Waals surface area contributed by atoms with E-state index in [1.54, 1.807) is 21.3 Å². The van der Waals surface area contributed by atoms with Gasteiger partial charge in [0, 0.05) is 27.9 Å². The van der Waals surface area contributed by atoms with Crippen LogP contribution in [0, 0.1) is 0 Å². The van der Waals surface area contributed by atoms with Gasteiger partial charge in [-0.3, -0.25) is 0 Å². The van der Waals surface area contributed by atoms with E-state index >= 15 is 0 Å². The molecule has 0 aromatic rings. The minimum absolute atomic E-state index is 0.266. The fourth-order valence-electron chi connectivity index (χ4n) is 1.43. The Kier molecular flexibility index (Phi) is 10.9. The molecule has 1 atom stereocenters. The van der Waals surface area contributed by atoms with Crippen LogP contribution in [0.25, 0.3) is 0 Å². The summed E-state index contributed by atoms with van der Waals surface area (Å²) in [5, 5.41) is 0. The van der Waals surface area contributed by atoms with Crippen molar-refractivity contribution in [2.45, 2.75) is 38.2 Å². The van der Waals surface area contributed by atoms with Gasteiger partial charge in [0.2, 0.25) is 0 Å². The second-order valence-electron chi connectivity index (χ2n) is 3.51. The van der Waals surface area contributed by atoms with Crippen LogP contribution in [0.5, 0.6) is 0 Å². The lowest BCUT2D eigenvalue weighted by Crippen LogP contribution is -2.16. The number of hydrogen-bond acceptors (Lipinski definition) is 3. The molecule has 0 saturated heterocycles. The maximum atomic E-state index is 5.27. The highest BCUT2D eigenvalue weighted by molar-refractivity contribution is 4.56. The van der Waals surface area contributed by atoms with Crippen molar-refractivity contribution < 1.29 is 14.2 Å². The van der Waals surface area contributed by atoms with E-state index in [2.05, 4.69) is 0 Å². The summed E-state index contributed by atoms with van der Waals surface area (Å²) in [5.74, 6) is 0. The van der Waals surface area contributed by atoms with Crippen molar-refractivity contribution in [2.75, 3.05) is 34.5 Å². The minimum Gasteiger partial charge on any atom is -0.385 e. The van der Waals surface area contributed by atoms with Crippen molar-refractivity contribution in [2.24, 2.45) is 0 Å². The van der Waals surface area contributed by atoms with Crippen LogP contribution < -0.4 is 0 Å². The highest BCUT2D eigenvalue weighted by atomic mass is 16.5. The molecular formula is C11H24O3. The molecule has 3 heteroatoms. The van der Waals surface area contributed by atoms with Gasteiger partial charge in [-0.05, 0) is 12.8 Å². The van der Waals surface area contributed by atoms with E-state index in [1.165, 1.54) is 25.7 Å². The fraction of sp³-hybridized carbons (Fsp3) is 1.00. The predicted octanol–water partition coefficient (Wildman–Crippen LogP) is 2.24. The lowest BCUT2D eigenvalue weighted by molar-refractivity contribution is 0.0220. The van der Waals surface area contributed by atoms with Crippen LogP contribution >= 0.6 is 0 Å². The van der Waals surface area contributed by atoms with E-state index in [0.717, 1.165) is 13.0 Å². The first-order valence-corrected chi connectivity index (χ1v) is 5.35. The van der Waals surface area contributed by atoms with Crippen LogP contribution in [0.1, 0.15) is 32.1 Å². The third-order valence-corrected chi connectivity index (χ3v) is 2.31. The van der Waals surface area contributed by atoms with Crippen LogP contribution in [-0.2, 0) is 14.2 Å². The van der Waals surface area contributed by atoms with Gasteiger partial charge in [0.15, 0.2) is 0 Å². The molecule has 0 rings (SSSR count). The highest BCUT2D eigenvalue weighted by Crippen LogP contribution is 2.08. The smallest absolute Gasteiger partial charge is 0.0804 e. The third kappa shape index (κ3) is 8.48. The Hall–Kier alpha value is -0.120. The van der Waals surface area contributed by atoms with Gasteiger partial charge in [-0.15, -0.1) is 0 Å². The van der Waals surface area contributed by atoms with Gasteiger partial charge >= 0.3 is 0 Å². The van der Waals surface area contributed by atoms with Gasteiger partial charge in [-0.2, -0.15) is 0 Å². The zero-order valence-electron chi connectivity index (χ0n) is 9.75. The zero-order valence-corrected chi connectivity index (χ0v) is 9.75. The molecule has 0 heterocycles. The number of hydrogen-bond donors (Lipinski definition) is 0. The third-order valence-electron chi connectivity index (χ3n) is 2.31. The summed E-state index contributed by atoms with van der Waals surface area (Å²) in [5.41, 5.74) is 0. The number of rotatable bonds is 10. The van der Waals surface area contributed by atoms with Crippen molar-refractivity contribution in [1.29, 1.82) is 0 Å². The largest absolute Gasteiger partial charge is 0.385 e. The molecule has 0 bridgehead atoms. The molecule has 3 nitrogen and oxygen atoms in total. The molecule has 0 saturated carbocycles. The van der Waals surface area contributed by atoms with E-state index in [-0.39, 0.29) is 6.10 Å². The van der Waals surface area contributed by atoms with Crippen LogP contribution in [0.15, 0.2) is 0 Å². The first-order chi connectivity index (χ1) is 6.85. The molecule has 0 aliphatic carbocycles. The lowest BCUT2D eigenvalue weighted by Gasteiger charge is -2.13. The Morgan fingerprint density at radius 1 is 0.857 bits per heavy atom. The summed E-state index contributed by atoms with van der Waals surface area (Å²) >= 11 is 0. The van der Waals surface area contributed by atoms with Crippen LogP contribution in [0.4, 0.5) is 0 Å². The monoisotopic (exact) mass is 204 g/mol. The molecule has 0 fully saturated rings. The van der Waals surface area contributed by atoms with Crippen molar-refractivity contribution in [3.05, 3.63) is 0 Å². The number of unbranched alkanes of at least 4 members (excludes halogenated alkanes) is 3. The average Bonchev–Trinajstić information content (AvgIpc) is 2.21. The molecule has 0 aromatic carbocycles. The lowest BCUT2D eigenvalue weighted by atomic mass is 10.1. The van der Waals surface area contributed by atoms with Gasteiger partial charge in [0.05, 0.1) is 12.7 Å². The summed E-state index contributed by atoms with van der Waals surface area (Å²) < 4.78 is 15.3. The maximum Gasteiger partial charge on any atom is 0.0804 e. The van der Waals surface area contributed by atoms with E-state index in [0.29, 0.717) is 6.61 Å². The van der Waals surface area contributed by atoms with Crippen LogP contribution in [-0.4, -0.2) is 40.6 Å². The van der Waals surface area contributed by atoms with Crippen molar-refractivity contribution in [3.63, 3.8) is 0 Å². The summed E-state index contributed by atoms with van der Waals surface area (Å²) in [7, 11) is 5.21. The topological polar surface area (TPSA) is 27.7 Å².